The van der Waals surface area contributed by atoms with Gasteiger partial charge in [-0.3, -0.25) is 5.43 Å². The summed E-state index contributed by atoms with van der Waals surface area (Å²) in [6, 6.07) is 17.6. The van der Waals surface area contributed by atoms with E-state index >= 15 is 0 Å². The first-order valence-corrected chi connectivity index (χ1v) is 10.7. The molecule has 0 spiro atoms. The number of nitrogens with zero attached hydrogens (tertiary/aromatic N) is 1. The highest BCUT2D eigenvalue weighted by atomic mass is 79.9. The van der Waals surface area contributed by atoms with E-state index in [1.807, 2.05) is 6.92 Å². The molecule has 164 valence electrons. The van der Waals surface area contributed by atoms with Crippen molar-refractivity contribution < 1.29 is 18.7 Å². The number of benzene rings is 3. The van der Waals surface area contributed by atoms with Gasteiger partial charge in [0.2, 0.25) is 0 Å². The number of hydrogen-bond acceptors (Lipinski definition) is 5. The van der Waals surface area contributed by atoms with Crippen LogP contribution in [-0.2, 0) is 0 Å². The molecular weight excluding hydrogens is 497 g/mol. The van der Waals surface area contributed by atoms with Gasteiger partial charge in [-0.2, -0.15) is 5.10 Å². The lowest BCUT2D eigenvalue weighted by Crippen LogP contribution is -2.23. The predicted octanol–water partition coefficient (Wildman–Crippen LogP) is 5.53. The van der Waals surface area contributed by atoms with E-state index in [2.05, 4.69) is 31.8 Å². The van der Waals surface area contributed by atoms with Crippen molar-refractivity contribution in [2.24, 2.45) is 5.10 Å². The van der Waals surface area contributed by atoms with Crippen LogP contribution >= 0.6 is 28.1 Å². The summed E-state index contributed by atoms with van der Waals surface area (Å²) in [4.78, 5) is 12.5. The molecule has 0 bridgehead atoms. The van der Waals surface area contributed by atoms with E-state index < -0.39 is 5.97 Å². The van der Waals surface area contributed by atoms with Gasteiger partial charge in [0.25, 0.3) is 0 Å². The molecule has 3 rings (SSSR count). The maximum Gasteiger partial charge on any atom is 0.343 e. The first kappa shape index (κ1) is 23.4. The molecular formula is C23H19BrFN3O3S. The van der Waals surface area contributed by atoms with E-state index in [0.29, 0.717) is 34.9 Å². The standard InChI is InChI=1S/C23H19BrFN3O3S/c1-2-30-20-10-3-15(4-11-20)22(29)31-21-12-5-17(24)13-16(21)14-26-28-23(32)27-19-8-6-18(25)7-9-19/h3-14H,2H2,1H3,(H2,27,28,32). The SMILES string of the molecule is CCOc1ccc(C(=O)Oc2ccc(Br)cc2C=NNC(=S)Nc2ccc(F)cc2)cc1. The van der Waals surface area contributed by atoms with Crippen molar-refractivity contribution in [1.82, 2.24) is 5.43 Å². The molecule has 9 heteroatoms. The highest BCUT2D eigenvalue weighted by molar-refractivity contribution is 9.10. The molecule has 3 aromatic carbocycles. The molecule has 0 heterocycles. The summed E-state index contributed by atoms with van der Waals surface area (Å²) >= 11 is 8.57. The Bertz CT molecular complexity index is 1120. The molecule has 0 aliphatic carbocycles. The minimum absolute atomic E-state index is 0.218. The summed E-state index contributed by atoms with van der Waals surface area (Å²) in [6.45, 7) is 2.43. The van der Waals surface area contributed by atoms with Crippen LogP contribution < -0.4 is 20.2 Å². The Kier molecular flexibility index (Phi) is 8.29. The second-order valence-electron chi connectivity index (χ2n) is 6.36. The summed E-state index contributed by atoms with van der Waals surface area (Å²) in [5.74, 6) is 0.160. The van der Waals surface area contributed by atoms with Crippen LogP contribution in [0.1, 0.15) is 22.8 Å². The number of carbonyl (C=O) groups is 1. The Labute approximate surface area is 198 Å². The molecule has 0 aliphatic rings. The van der Waals surface area contributed by atoms with Crippen molar-refractivity contribution in [1.29, 1.82) is 0 Å². The van der Waals surface area contributed by atoms with Gasteiger partial charge in [-0.05, 0) is 85.9 Å². The fourth-order valence-corrected chi connectivity index (χ4v) is 3.13. The number of rotatable bonds is 7. The van der Waals surface area contributed by atoms with Crippen molar-refractivity contribution in [2.45, 2.75) is 6.92 Å². The third-order valence-electron chi connectivity index (χ3n) is 4.05. The Morgan fingerprint density at radius 2 is 1.84 bits per heavy atom. The molecule has 0 amide bonds. The van der Waals surface area contributed by atoms with Gasteiger partial charge >= 0.3 is 5.97 Å². The predicted molar refractivity (Wildman–Crippen MR) is 130 cm³/mol. The number of hydrogen-bond donors (Lipinski definition) is 2. The summed E-state index contributed by atoms with van der Waals surface area (Å²) < 4.78 is 24.7. The normalized spacial score (nSPS) is 10.6. The smallest absolute Gasteiger partial charge is 0.343 e. The van der Waals surface area contributed by atoms with Crippen molar-refractivity contribution in [3.8, 4) is 11.5 Å². The molecule has 2 N–H and O–H groups in total. The lowest BCUT2D eigenvalue weighted by Gasteiger charge is -2.09. The molecule has 0 unspecified atom stereocenters. The van der Waals surface area contributed by atoms with E-state index in [4.69, 9.17) is 21.7 Å². The molecule has 32 heavy (non-hydrogen) atoms. The largest absolute Gasteiger partial charge is 0.494 e. The van der Waals surface area contributed by atoms with Crippen LogP contribution in [0.25, 0.3) is 0 Å². The number of carbonyl (C=O) groups excluding carboxylic acids is 1. The second-order valence-corrected chi connectivity index (χ2v) is 7.68. The number of anilines is 1. The van der Waals surface area contributed by atoms with Crippen molar-refractivity contribution in [2.75, 3.05) is 11.9 Å². The number of nitrogens with one attached hydrogen (secondary N) is 2. The molecule has 0 aromatic heterocycles. The van der Waals surface area contributed by atoms with E-state index in [1.54, 1.807) is 54.6 Å². The molecule has 3 aromatic rings. The van der Waals surface area contributed by atoms with Gasteiger partial charge in [-0.1, -0.05) is 15.9 Å². The number of hydrazone groups is 1. The van der Waals surface area contributed by atoms with Crippen LogP contribution in [-0.4, -0.2) is 23.9 Å². The van der Waals surface area contributed by atoms with Gasteiger partial charge in [0.05, 0.1) is 18.4 Å². The fraction of sp³-hybridized carbons (Fsp3) is 0.0870. The number of ether oxygens (including phenoxy) is 2. The minimum Gasteiger partial charge on any atom is -0.494 e. The molecule has 0 radical (unpaired) electrons. The van der Waals surface area contributed by atoms with Crippen LogP contribution in [0, 0.1) is 5.82 Å². The van der Waals surface area contributed by atoms with Gasteiger partial charge < -0.3 is 14.8 Å². The lowest BCUT2D eigenvalue weighted by atomic mass is 10.2. The van der Waals surface area contributed by atoms with Crippen molar-refractivity contribution >= 4 is 51.1 Å². The fourth-order valence-electron chi connectivity index (χ4n) is 2.58. The Balaban J connectivity index is 1.65. The lowest BCUT2D eigenvalue weighted by molar-refractivity contribution is 0.0734. The van der Waals surface area contributed by atoms with Crippen LogP contribution in [0.3, 0.4) is 0 Å². The zero-order valence-electron chi connectivity index (χ0n) is 17.0. The molecule has 0 fully saturated rings. The summed E-state index contributed by atoms with van der Waals surface area (Å²) in [6.07, 6.45) is 1.48. The highest BCUT2D eigenvalue weighted by Crippen LogP contribution is 2.23. The zero-order chi connectivity index (χ0) is 22.9. The number of thiocarbonyl (C=S) groups is 1. The zero-order valence-corrected chi connectivity index (χ0v) is 19.4. The molecule has 0 saturated carbocycles. The van der Waals surface area contributed by atoms with Crippen LogP contribution in [0.15, 0.2) is 76.3 Å². The molecule has 0 aliphatic heterocycles. The van der Waals surface area contributed by atoms with Crippen molar-refractivity contribution in [3.63, 3.8) is 0 Å². The third kappa shape index (κ3) is 6.86. The number of esters is 1. The van der Waals surface area contributed by atoms with Crippen LogP contribution in [0.4, 0.5) is 10.1 Å². The Hall–Kier alpha value is -3.30. The highest BCUT2D eigenvalue weighted by Gasteiger charge is 2.12. The monoisotopic (exact) mass is 515 g/mol. The van der Waals surface area contributed by atoms with E-state index in [1.165, 1.54) is 18.3 Å². The Morgan fingerprint density at radius 1 is 1.12 bits per heavy atom. The summed E-state index contributed by atoms with van der Waals surface area (Å²) in [5, 5.41) is 7.19. The average Bonchev–Trinajstić information content (AvgIpc) is 2.78. The Morgan fingerprint density at radius 3 is 2.53 bits per heavy atom. The first-order chi connectivity index (χ1) is 15.4. The minimum atomic E-state index is -0.508. The van der Waals surface area contributed by atoms with Gasteiger partial charge in [0.1, 0.15) is 17.3 Å². The van der Waals surface area contributed by atoms with E-state index in [0.717, 1.165) is 4.47 Å². The molecule has 6 nitrogen and oxygen atoms in total. The average molecular weight is 516 g/mol. The quantitative estimate of drug-likeness (QED) is 0.142. The van der Waals surface area contributed by atoms with E-state index in [-0.39, 0.29) is 10.9 Å². The van der Waals surface area contributed by atoms with E-state index in [9.17, 15) is 9.18 Å². The maximum absolute atomic E-state index is 13.0. The van der Waals surface area contributed by atoms with Gasteiger partial charge in [0.15, 0.2) is 5.11 Å². The maximum atomic E-state index is 13.0. The topological polar surface area (TPSA) is 72.0 Å². The summed E-state index contributed by atoms with van der Waals surface area (Å²) in [7, 11) is 0. The second kappa shape index (κ2) is 11.4. The van der Waals surface area contributed by atoms with Crippen LogP contribution in [0.2, 0.25) is 0 Å². The van der Waals surface area contributed by atoms with Crippen molar-refractivity contribution in [3.05, 3.63) is 88.1 Å². The third-order valence-corrected chi connectivity index (χ3v) is 4.73. The first-order valence-electron chi connectivity index (χ1n) is 9.55. The molecule has 0 saturated heterocycles. The molecule has 0 atom stereocenters. The number of halogens is 2. The van der Waals surface area contributed by atoms with Gasteiger partial charge in [-0.25, -0.2) is 9.18 Å². The van der Waals surface area contributed by atoms with Gasteiger partial charge in [-0.15, -0.1) is 0 Å². The summed E-state index contributed by atoms with van der Waals surface area (Å²) in [5.41, 5.74) is 4.23. The van der Waals surface area contributed by atoms with Crippen LogP contribution in [0.5, 0.6) is 11.5 Å². The van der Waals surface area contributed by atoms with Gasteiger partial charge in [0, 0.05) is 15.7 Å².